The molecule has 1 amide bonds. The van der Waals surface area contributed by atoms with Crippen molar-refractivity contribution in [2.45, 2.75) is 52.7 Å². The monoisotopic (exact) mass is 458 g/mol. The first-order valence-corrected chi connectivity index (χ1v) is 10.6. The minimum atomic E-state index is -1.01. The summed E-state index contributed by atoms with van der Waals surface area (Å²) in [7, 11) is 1.35. The van der Waals surface area contributed by atoms with E-state index in [0.29, 0.717) is 0 Å². The molecule has 0 unspecified atom stereocenters. The average Bonchev–Trinajstić information content (AvgIpc) is 2.78. The first-order valence-electron chi connectivity index (χ1n) is 10.6. The van der Waals surface area contributed by atoms with E-state index in [-0.39, 0.29) is 29.7 Å². The molecule has 33 heavy (non-hydrogen) atoms. The standard InChI is InChI=1S/C24H30N2O7/c1-7-31-24(29)33-21-19(30-6)12-13-25-20(21)22(27)26-16(4)23(28)32-17(5)15(3)18-11-9-8-10-14(18)2/h8-13,15-17H,7H2,1-6H3,(H,26,27)/t15-,16+,17+/m1/s1. The van der Waals surface area contributed by atoms with Crippen LogP contribution < -0.4 is 14.8 Å². The van der Waals surface area contributed by atoms with Crippen LogP contribution >= 0.6 is 0 Å². The van der Waals surface area contributed by atoms with E-state index in [1.165, 1.54) is 26.3 Å². The highest BCUT2D eigenvalue weighted by molar-refractivity contribution is 5.98. The Morgan fingerprint density at radius 1 is 1.09 bits per heavy atom. The van der Waals surface area contributed by atoms with Gasteiger partial charge in [-0.25, -0.2) is 14.6 Å². The number of ether oxygens (including phenoxy) is 4. The van der Waals surface area contributed by atoms with Crippen LogP contribution in [0, 0.1) is 6.92 Å². The number of rotatable bonds is 9. The van der Waals surface area contributed by atoms with Crippen LogP contribution in [-0.4, -0.2) is 48.9 Å². The number of carbonyl (C=O) groups excluding carboxylic acids is 3. The molecule has 9 heteroatoms. The molecule has 0 aliphatic carbocycles. The minimum absolute atomic E-state index is 0.0392. The minimum Gasteiger partial charge on any atom is -0.493 e. The van der Waals surface area contributed by atoms with Crippen LogP contribution in [0.3, 0.4) is 0 Å². The molecule has 1 heterocycles. The average molecular weight is 459 g/mol. The van der Waals surface area contributed by atoms with Gasteiger partial charge in [-0.3, -0.25) is 4.79 Å². The molecule has 0 fully saturated rings. The molecule has 0 radical (unpaired) electrons. The zero-order valence-electron chi connectivity index (χ0n) is 19.7. The van der Waals surface area contributed by atoms with E-state index in [1.54, 1.807) is 13.8 Å². The number of amides is 1. The van der Waals surface area contributed by atoms with Crippen molar-refractivity contribution in [3.05, 3.63) is 53.3 Å². The van der Waals surface area contributed by atoms with Crippen molar-refractivity contribution >= 4 is 18.0 Å². The molecule has 9 nitrogen and oxygen atoms in total. The van der Waals surface area contributed by atoms with Crippen LogP contribution in [0.25, 0.3) is 0 Å². The number of pyridine rings is 1. The van der Waals surface area contributed by atoms with E-state index in [4.69, 9.17) is 18.9 Å². The smallest absolute Gasteiger partial charge is 0.493 e. The molecular formula is C24H30N2O7. The van der Waals surface area contributed by atoms with Crippen molar-refractivity contribution in [2.24, 2.45) is 0 Å². The third kappa shape index (κ3) is 6.68. The number of nitrogens with zero attached hydrogens (tertiary/aromatic N) is 1. The molecule has 1 N–H and O–H groups in total. The number of hydrogen-bond donors (Lipinski definition) is 1. The van der Waals surface area contributed by atoms with E-state index in [1.807, 2.05) is 38.1 Å². The number of nitrogens with one attached hydrogen (secondary N) is 1. The van der Waals surface area contributed by atoms with Gasteiger partial charge in [0, 0.05) is 18.2 Å². The highest BCUT2D eigenvalue weighted by atomic mass is 16.7. The van der Waals surface area contributed by atoms with Crippen LogP contribution in [-0.2, 0) is 14.3 Å². The third-order valence-electron chi connectivity index (χ3n) is 5.14. The Labute approximate surface area is 193 Å². The number of hydrogen-bond acceptors (Lipinski definition) is 8. The molecule has 178 valence electrons. The lowest BCUT2D eigenvalue weighted by Gasteiger charge is -2.24. The van der Waals surface area contributed by atoms with Gasteiger partial charge in [0.25, 0.3) is 5.91 Å². The zero-order chi connectivity index (χ0) is 24.5. The second kappa shape index (κ2) is 11.8. The van der Waals surface area contributed by atoms with Gasteiger partial charge in [0.05, 0.1) is 13.7 Å². The molecule has 0 saturated carbocycles. The fraction of sp³-hybridized carbons (Fsp3) is 0.417. The van der Waals surface area contributed by atoms with Crippen molar-refractivity contribution in [1.29, 1.82) is 0 Å². The summed E-state index contributed by atoms with van der Waals surface area (Å²) < 4.78 is 20.6. The van der Waals surface area contributed by atoms with Crippen molar-refractivity contribution in [3.8, 4) is 11.5 Å². The lowest BCUT2D eigenvalue weighted by atomic mass is 9.92. The molecule has 1 aromatic carbocycles. The number of esters is 1. The molecule has 0 bridgehead atoms. The number of aromatic nitrogens is 1. The summed E-state index contributed by atoms with van der Waals surface area (Å²) in [6, 6.07) is 8.33. The molecule has 0 spiro atoms. The van der Waals surface area contributed by atoms with E-state index in [2.05, 4.69) is 10.3 Å². The van der Waals surface area contributed by atoms with E-state index in [9.17, 15) is 14.4 Å². The number of benzene rings is 1. The maximum Gasteiger partial charge on any atom is 0.514 e. The number of carbonyl (C=O) groups is 3. The first kappa shape index (κ1) is 25.6. The van der Waals surface area contributed by atoms with Gasteiger partial charge < -0.3 is 24.3 Å². The van der Waals surface area contributed by atoms with Crippen molar-refractivity contribution in [1.82, 2.24) is 10.3 Å². The zero-order valence-corrected chi connectivity index (χ0v) is 19.7. The lowest BCUT2D eigenvalue weighted by Crippen LogP contribution is -2.41. The summed E-state index contributed by atoms with van der Waals surface area (Å²) in [5.41, 5.74) is 1.95. The maximum absolute atomic E-state index is 12.8. The summed E-state index contributed by atoms with van der Waals surface area (Å²) in [6.07, 6.45) is -0.110. The topological polar surface area (TPSA) is 113 Å². The van der Waals surface area contributed by atoms with Crippen molar-refractivity contribution in [3.63, 3.8) is 0 Å². The van der Waals surface area contributed by atoms with Crippen LogP contribution in [0.15, 0.2) is 36.5 Å². The summed E-state index contributed by atoms with van der Waals surface area (Å²) in [6.45, 7) is 8.98. The predicted octanol–water partition coefficient (Wildman–Crippen LogP) is 3.79. The lowest BCUT2D eigenvalue weighted by molar-refractivity contribution is -0.151. The SMILES string of the molecule is CCOC(=O)Oc1c(OC)ccnc1C(=O)N[C@@H](C)C(=O)O[C@@H](C)[C@@H](C)c1ccccc1C. The molecule has 0 saturated heterocycles. The number of aryl methyl sites for hydroxylation is 1. The third-order valence-corrected chi connectivity index (χ3v) is 5.14. The van der Waals surface area contributed by atoms with E-state index < -0.39 is 30.2 Å². The Balaban J connectivity index is 2.09. The Bertz CT molecular complexity index is 993. The molecule has 3 atom stereocenters. The summed E-state index contributed by atoms with van der Waals surface area (Å²) in [5, 5.41) is 2.52. The maximum atomic E-state index is 12.8. The second-order valence-electron chi connectivity index (χ2n) is 7.46. The Hall–Kier alpha value is -3.62. The summed E-state index contributed by atoms with van der Waals surface area (Å²) in [5.74, 6) is -1.48. The first-order chi connectivity index (χ1) is 15.7. The molecular weight excluding hydrogens is 428 g/mol. The molecule has 2 aromatic rings. The Kier molecular flexibility index (Phi) is 9.20. The molecule has 0 aliphatic rings. The van der Waals surface area contributed by atoms with Crippen LogP contribution in [0.2, 0.25) is 0 Å². The highest BCUT2D eigenvalue weighted by Crippen LogP contribution is 2.30. The van der Waals surface area contributed by atoms with Gasteiger partial charge in [-0.05, 0) is 38.8 Å². The molecule has 0 aliphatic heterocycles. The van der Waals surface area contributed by atoms with Crippen molar-refractivity contribution in [2.75, 3.05) is 13.7 Å². The van der Waals surface area contributed by atoms with Crippen LogP contribution in [0.5, 0.6) is 11.5 Å². The predicted molar refractivity (Wildman–Crippen MR) is 121 cm³/mol. The Morgan fingerprint density at radius 3 is 2.42 bits per heavy atom. The van der Waals surface area contributed by atoms with E-state index >= 15 is 0 Å². The van der Waals surface area contributed by atoms with Gasteiger partial charge in [0.1, 0.15) is 12.1 Å². The second-order valence-corrected chi connectivity index (χ2v) is 7.46. The van der Waals surface area contributed by atoms with Gasteiger partial charge >= 0.3 is 12.1 Å². The van der Waals surface area contributed by atoms with Crippen LogP contribution in [0.1, 0.15) is 55.2 Å². The Morgan fingerprint density at radius 2 is 1.79 bits per heavy atom. The fourth-order valence-electron chi connectivity index (χ4n) is 3.14. The molecule has 2 rings (SSSR count). The summed E-state index contributed by atoms with van der Waals surface area (Å²) >= 11 is 0. The van der Waals surface area contributed by atoms with Gasteiger partial charge in [0.15, 0.2) is 11.4 Å². The normalized spacial score (nSPS) is 13.3. The fourth-order valence-corrected chi connectivity index (χ4v) is 3.14. The van der Waals surface area contributed by atoms with Gasteiger partial charge in [0.2, 0.25) is 5.75 Å². The van der Waals surface area contributed by atoms with Gasteiger partial charge in [-0.2, -0.15) is 0 Å². The largest absolute Gasteiger partial charge is 0.514 e. The van der Waals surface area contributed by atoms with E-state index in [0.717, 1.165) is 11.1 Å². The quantitative estimate of drug-likeness (QED) is 0.565. The summed E-state index contributed by atoms with van der Waals surface area (Å²) in [4.78, 5) is 41.2. The molecule has 1 aromatic heterocycles. The van der Waals surface area contributed by atoms with Crippen LogP contribution in [0.4, 0.5) is 4.79 Å². The van der Waals surface area contributed by atoms with Crippen molar-refractivity contribution < 1.29 is 33.3 Å². The highest BCUT2D eigenvalue weighted by Gasteiger charge is 2.27. The van der Waals surface area contributed by atoms with Gasteiger partial charge in [-0.15, -0.1) is 0 Å². The number of methoxy groups -OCH3 is 1. The van der Waals surface area contributed by atoms with Gasteiger partial charge in [-0.1, -0.05) is 31.2 Å².